The van der Waals surface area contributed by atoms with Crippen molar-refractivity contribution < 1.29 is 9.84 Å². The van der Waals surface area contributed by atoms with Crippen molar-refractivity contribution in [2.75, 3.05) is 7.11 Å². The van der Waals surface area contributed by atoms with E-state index in [1.54, 1.807) is 13.2 Å². The maximum Gasteiger partial charge on any atom is 0.122 e. The van der Waals surface area contributed by atoms with Gasteiger partial charge in [-0.3, -0.25) is 0 Å². The minimum absolute atomic E-state index is 0.0155. The Labute approximate surface area is 69.3 Å². The number of aliphatic hydroxyl groups excluding tert-OH is 1. The van der Waals surface area contributed by atoms with Crippen LogP contribution in [0.3, 0.4) is 0 Å². The minimum atomic E-state index is -0.0155. The summed E-state index contributed by atoms with van der Waals surface area (Å²) >= 11 is 3.12. The Kier molecular flexibility index (Phi) is 4.40. The zero-order valence-electron chi connectivity index (χ0n) is 6.10. The van der Waals surface area contributed by atoms with E-state index in [4.69, 9.17) is 9.84 Å². The number of aliphatic hydroxyl groups is 1. The standard InChI is InChI=1S/C7H11BrO2/c1-5(10-3)4-7(8)6(2)9/h4-5,9H,2H2,1,3H3/b7-4+. The smallest absolute Gasteiger partial charge is 0.122 e. The van der Waals surface area contributed by atoms with Crippen LogP contribution in [0.4, 0.5) is 0 Å². The first kappa shape index (κ1) is 9.72. The molecule has 0 fully saturated rings. The van der Waals surface area contributed by atoms with Crippen molar-refractivity contribution in [1.82, 2.24) is 0 Å². The van der Waals surface area contributed by atoms with Crippen molar-refractivity contribution in [2.24, 2.45) is 0 Å². The van der Waals surface area contributed by atoms with Crippen molar-refractivity contribution in [3.05, 3.63) is 22.9 Å². The highest BCUT2D eigenvalue weighted by Crippen LogP contribution is 2.13. The molecule has 0 heterocycles. The van der Waals surface area contributed by atoms with E-state index in [0.717, 1.165) is 0 Å². The van der Waals surface area contributed by atoms with Crippen LogP contribution in [0.15, 0.2) is 22.9 Å². The molecular weight excluding hydrogens is 196 g/mol. The van der Waals surface area contributed by atoms with Crippen LogP contribution < -0.4 is 0 Å². The summed E-state index contributed by atoms with van der Waals surface area (Å²) in [5.41, 5.74) is 0. The van der Waals surface area contributed by atoms with Gasteiger partial charge in [0.25, 0.3) is 0 Å². The van der Waals surface area contributed by atoms with Gasteiger partial charge in [0, 0.05) is 7.11 Å². The van der Waals surface area contributed by atoms with E-state index >= 15 is 0 Å². The molecule has 0 saturated carbocycles. The topological polar surface area (TPSA) is 29.5 Å². The van der Waals surface area contributed by atoms with Crippen LogP contribution in [0.5, 0.6) is 0 Å². The number of rotatable bonds is 3. The third-order valence-corrected chi connectivity index (χ3v) is 1.75. The number of hydrogen-bond acceptors (Lipinski definition) is 2. The fraction of sp³-hybridized carbons (Fsp3) is 0.429. The molecule has 1 atom stereocenters. The fourth-order valence-corrected chi connectivity index (χ4v) is 0.743. The summed E-state index contributed by atoms with van der Waals surface area (Å²) in [4.78, 5) is 0. The lowest BCUT2D eigenvalue weighted by Gasteiger charge is -2.03. The second-order valence-electron chi connectivity index (χ2n) is 1.90. The zero-order valence-corrected chi connectivity index (χ0v) is 7.68. The van der Waals surface area contributed by atoms with Gasteiger partial charge in [-0.15, -0.1) is 0 Å². The van der Waals surface area contributed by atoms with Gasteiger partial charge in [-0.2, -0.15) is 0 Å². The normalized spacial score (nSPS) is 14.9. The molecule has 0 aromatic rings. The number of hydrogen-bond donors (Lipinski definition) is 1. The SMILES string of the molecule is C=C(O)/C(Br)=C\C(C)OC. The van der Waals surface area contributed by atoms with Crippen LogP contribution >= 0.6 is 15.9 Å². The molecular formula is C7H11BrO2. The van der Waals surface area contributed by atoms with E-state index in [-0.39, 0.29) is 11.9 Å². The van der Waals surface area contributed by atoms with E-state index in [1.807, 2.05) is 6.92 Å². The lowest BCUT2D eigenvalue weighted by atomic mass is 10.3. The number of allylic oxidation sites excluding steroid dienone is 1. The Balaban J connectivity index is 4.02. The summed E-state index contributed by atoms with van der Waals surface area (Å²) in [5.74, 6) is 0.0175. The van der Waals surface area contributed by atoms with Gasteiger partial charge in [-0.25, -0.2) is 0 Å². The van der Waals surface area contributed by atoms with Crippen LogP contribution in [0, 0.1) is 0 Å². The van der Waals surface area contributed by atoms with Gasteiger partial charge in [-0.05, 0) is 28.9 Å². The van der Waals surface area contributed by atoms with Crippen LogP contribution in [0.2, 0.25) is 0 Å². The lowest BCUT2D eigenvalue weighted by Crippen LogP contribution is -2.00. The summed E-state index contributed by atoms with van der Waals surface area (Å²) in [7, 11) is 1.60. The molecule has 0 aliphatic rings. The molecule has 0 rings (SSSR count). The predicted molar refractivity (Wildman–Crippen MR) is 45.2 cm³/mol. The molecule has 1 N–H and O–H groups in total. The lowest BCUT2D eigenvalue weighted by molar-refractivity contribution is 0.156. The molecule has 0 aliphatic carbocycles. The van der Waals surface area contributed by atoms with E-state index in [1.165, 1.54) is 0 Å². The molecule has 0 aromatic carbocycles. The molecule has 2 nitrogen and oxygen atoms in total. The molecule has 58 valence electrons. The van der Waals surface area contributed by atoms with E-state index in [0.29, 0.717) is 4.48 Å². The van der Waals surface area contributed by atoms with E-state index in [2.05, 4.69) is 22.5 Å². The van der Waals surface area contributed by atoms with Crippen molar-refractivity contribution in [1.29, 1.82) is 0 Å². The van der Waals surface area contributed by atoms with Crippen LogP contribution in [0.1, 0.15) is 6.92 Å². The van der Waals surface area contributed by atoms with E-state index < -0.39 is 0 Å². The third kappa shape index (κ3) is 3.69. The summed E-state index contributed by atoms with van der Waals surface area (Å²) < 4.78 is 5.48. The maximum absolute atomic E-state index is 8.80. The molecule has 0 aliphatic heterocycles. The summed E-state index contributed by atoms with van der Waals surface area (Å²) in [6, 6.07) is 0. The predicted octanol–water partition coefficient (Wildman–Crippen LogP) is 2.37. The Bertz CT molecular complexity index is 152. The summed E-state index contributed by atoms with van der Waals surface area (Å²) in [6.45, 7) is 5.19. The molecule has 0 spiro atoms. The molecule has 0 aromatic heterocycles. The van der Waals surface area contributed by atoms with Gasteiger partial charge in [0.1, 0.15) is 5.76 Å². The summed E-state index contributed by atoms with van der Waals surface area (Å²) in [6.07, 6.45) is 1.71. The van der Waals surface area contributed by atoms with Gasteiger partial charge in [0.15, 0.2) is 0 Å². The van der Waals surface area contributed by atoms with Gasteiger partial charge < -0.3 is 9.84 Å². The van der Waals surface area contributed by atoms with Crippen LogP contribution in [-0.2, 0) is 4.74 Å². The average Bonchev–Trinajstić information content (AvgIpc) is 1.87. The quantitative estimate of drug-likeness (QED) is 0.568. The summed E-state index contributed by atoms with van der Waals surface area (Å²) in [5, 5.41) is 8.80. The first-order valence-corrected chi connectivity index (χ1v) is 3.65. The zero-order chi connectivity index (χ0) is 8.15. The van der Waals surface area contributed by atoms with Crippen molar-refractivity contribution in [2.45, 2.75) is 13.0 Å². The highest BCUT2D eigenvalue weighted by molar-refractivity contribution is 9.11. The van der Waals surface area contributed by atoms with Crippen molar-refractivity contribution in [3.63, 3.8) is 0 Å². The molecule has 0 radical (unpaired) electrons. The maximum atomic E-state index is 8.80. The Hall–Kier alpha value is -0.280. The third-order valence-electron chi connectivity index (χ3n) is 1.03. The van der Waals surface area contributed by atoms with Crippen molar-refractivity contribution in [3.8, 4) is 0 Å². The van der Waals surface area contributed by atoms with Crippen LogP contribution in [0.25, 0.3) is 0 Å². The largest absolute Gasteiger partial charge is 0.507 e. The first-order chi connectivity index (χ1) is 4.57. The second kappa shape index (κ2) is 4.52. The Morgan fingerprint density at radius 3 is 2.60 bits per heavy atom. The Morgan fingerprint density at radius 1 is 1.80 bits per heavy atom. The van der Waals surface area contributed by atoms with E-state index in [9.17, 15) is 0 Å². The highest BCUT2D eigenvalue weighted by atomic mass is 79.9. The van der Waals surface area contributed by atoms with Gasteiger partial charge in [-0.1, -0.05) is 6.58 Å². The number of halogens is 1. The van der Waals surface area contributed by atoms with Gasteiger partial charge in [0.2, 0.25) is 0 Å². The molecule has 1 unspecified atom stereocenters. The van der Waals surface area contributed by atoms with Gasteiger partial charge in [0.05, 0.1) is 10.6 Å². The van der Waals surface area contributed by atoms with Crippen LogP contribution in [-0.4, -0.2) is 18.3 Å². The fourth-order valence-electron chi connectivity index (χ4n) is 0.370. The Morgan fingerprint density at radius 2 is 2.30 bits per heavy atom. The molecule has 0 saturated heterocycles. The molecule has 0 bridgehead atoms. The average molecular weight is 207 g/mol. The molecule has 3 heteroatoms. The highest BCUT2D eigenvalue weighted by Gasteiger charge is 1.98. The first-order valence-electron chi connectivity index (χ1n) is 2.86. The minimum Gasteiger partial charge on any atom is -0.507 e. The second-order valence-corrected chi connectivity index (χ2v) is 2.76. The number of methoxy groups -OCH3 is 1. The van der Waals surface area contributed by atoms with Crippen molar-refractivity contribution >= 4 is 15.9 Å². The molecule has 10 heavy (non-hydrogen) atoms. The number of ether oxygens (including phenoxy) is 1. The molecule has 0 amide bonds. The van der Waals surface area contributed by atoms with Gasteiger partial charge >= 0.3 is 0 Å². The monoisotopic (exact) mass is 206 g/mol.